The van der Waals surface area contributed by atoms with Crippen molar-refractivity contribution in [3.63, 3.8) is 0 Å². The highest BCUT2D eigenvalue weighted by Crippen LogP contribution is 2.30. The normalized spacial score (nSPS) is 14.2. The van der Waals surface area contributed by atoms with E-state index in [1.54, 1.807) is 0 Å². The quantitative estimate of drug-likeness (QED) is 0.742. The lowest BCUT2D eigenvalue weighted by molar-refractivity contribution is 0.132. The summed E-state index contributed by atoms with van der Waals surface area (Å²) in [6, 6.07) is 9.75. The molecule has 0 aliphatic rings. The molecule has 0 unspecified atom stereocenters. The Balaban J connectivity index is 2.85. The molecule has 1 aromatic rings. The Morgan fingerprint density at radius 2 is 1.85 bits per heavy atom. The van der Waals surface area contributed by atoms with Crippen molar-refractivity contribution < 1.29 is 5.11 Å². The lowest BCUT2D eigenvalue weighted by Crippen LogP contribution is -2.32. The minimum absolute atomic E-state index is 0.100. The predicted octanol–water partition coefficient (Wildman–Crippen LogP) is 1.70. The summed E-state index contributed by atoms with van der Waals surface area (Å²) in [4.78, 5) is 0. The molecule has 0 aliphatic heterocycles. The minimum atomic E-state index is -0.263. The van der Waals surface area contributed by atoms with Crippen molar-refractivity contribution in [1.82, 2.24) is 0 Å². The molecule has 0 aliphatic carbocycles. The Kier molecular flexibility index (Phi) is 3.07. The van der Waals surface area contributed by atoms with Crippen LogP contribution in [0.1, 0.15) is 25.5 Å². The third kappa shape index (κ3) is 2.29. The molecule has 0 spiro atoms. The van der Waals surface area contributed by atoms with E-state index in [0.717, 1.165) is 5.56 Å². The molecule has 0 radical (unpaired) electrons. The average Bonchev–Trinajstić information content (AvgIpc) is 2.18. The van der Waals surface area contributed by atoms with Gasteiger partial charge in [0, 0.05) is 18.1 Å². The van der Waals surface area contributed by atoms with E-state index in [4.69, 9.17) is 10.8 Å². The van der Waals surface area contributed by atoms with Crippen molar-refractivity contribution >= 4 is 0 Å². The smallest absolute Gasteiger partial charge is 0.0500 e. The van der Waals surface area contributed by atoms with E-state index >= 15 is 0 Å². The summed E-state index contributed by atoms with van der Waals surface area (Å²) in [5.74, 6) is 0. The van der Waals surface area contributed by atoms with Crippen molar-refractivity contribution in [2.45, 2.75) is 19.9 Å². The molecule has 1 rings (SSSR count). The van der Waals surface area contributed by atoms with Crippen LogP contribution in [0.4, 0.5) is 0 Å². The highest BCUT2D eigenvalue weighted by atomic mass is 16.3. The van der Waals surface area contributed by atoms with Crippen molar-refractivity contribution in [2.75, 3.05) is 6.61 Å². The van der Waals surface area contributed by atoms with Crippen molar-refractivity contribution in [3.05, 3.63) is 35.9 Å². The highest BCUT2D eigenvalue weighted by molar-refractivity contribution is 5.20. The maximum atomic E-state index is 9.15. The number of rotatable bonds is 3. The summed E-state index contributed by atoms with van der Waals surface area (Å²) >= 11 is 0. The van der Waals surface area contributed by atoms with Crippen LogP contribution in [0.25, 0.3) is 0 Å². The number of hydrogen-bond donors (Lipinski definition) is 2. The molecule has 1 atom stereocenters. The zero-order valence-corrected chi connectivity index (χ0v) is 8.20. The van der Waals surface area contributed by atoms with E-state index < -0.39 is 0 Å². The summed E-state index contributed by atoms with van der Waals surface area (Å²) in [6.45, 7) is 4.03. The van der Waals surface area contributed by atoms with E-state index in [1.807, 2.05) is 44.2 Å². The second-order valence-electron chi connectivity index (χ2n) is 4.04. The van der Waals surface area contributed by atoms with Gasteiger partial charge in [-0.3, -0.25) is 0 Å². The highest BCUT2D eigenvalue weighted by Gasteiger charge is 2.26. The fourth-order valence-corrected chi connectivity index (χ4v) is 1.21. The molecule has 0 saturated heterocycles. The van der Waals surface area contributed by atoms with Gasteiger partial charge in [-0.15, -0.1) is 0 Å². The molecular weight excluding hydrogens is 162 g/mol. The number of aliphatic hydroxyl groups excluding tert-OH is 1. The predicted molar refractivity (Wildman–Crippen MR) is 54.2 cm³/mol. The van der Waals surface area contributed by atoms with Crippen LogP contribution in [-0.4, -0.2) is 11.7 Å². The SMILES string of the molecule is CC(C)(CO)[C@H](N)c1ccccc1. The molecule has 2 heteroatoms. The Labute approximate surface area is 79.4 Å². The molecule has 0 amide bonds. The van der Waals surface area contributed by atoms with Crippen molar-refractivity contribution in [3.8, 4) is 0 Å². The van der Waals surface area contributed by atoms with Crippen LogP contribution in [0.2, 0.25) is 0 Å². The maximum Gasteiger partial charge on any atom is 0.0500 e. The van der Waals surface area contributed by atoms with E-state index in [-0.39, 0.29) is 18.1 Å². The molecule has 1 aromatic carbocycles. The average molecular weight is 179 g/mol. The third-order valence-corrected chi connectivity index (χ3v) is 2.41. The summed E-state index contributed by atoms with van der Waals surface area (Å²) in [5.41, 5.74) is 6.83. The van der Waals surface area contributed by atoms with Crippen LogP contribution in [0.15, 0.2) is 30.3 Å². The fourth-order valence-electron chi connectivity index (χ4n) is 1.21. The molecule has 0 heterocycles. The van der Waals surface area contributed by atoms with E-state index in [1.165, 1.54) is 0 Å². The van der Waals surface area contributed by atoms with Gasteiger partial charge in [0.15, 0.2) is 0 Å². The maximum absolute atomic E-state index is 9.15. The van der Waals surface area contributed by atoms with E-state index in [9.17, 15) is 0 Å². The Morgan fingerprint density at radius 1 is 1.31 bits per heavy atom. The van der Waals surface area contributed by atoms with Gasteiger partial charge in [-0.25, -0.2) is 0 Å². The standard InChI is InChI=1S/C11H17NO/c1-11(2,8-13)10(12)9-6-4-3-5-7-9/h3-7,10,13H,8,12H2,1-2H3/t10-/m1/s1. The lowest BCUT2D eigenvalue weighted by atomic mass is 9.82. The molecule has 0 aromatic heterocycles. The van der Waals surface area contributed by atoms with Gasteiger partial charge in [-0.1, -0.05) is 44.2 Å². The largest absolute Gasteiger partial charge is 0.396 e. The molecule has 0 bridgehead atoms. The van der Waals surface area contributed by atoms with Gasteiger partial charge in [0.25, 0.3) is 0 Å². The first-order valence-corrected chi connectivity index (χ1v) is 4.49. The fraction of sp³-hybridized carbons (Fsp3) is 0.455. The number of nitrogens with two attached hydrogens (primary N) is 1. The lowest BCUT2D eigenvalue weighted by Gasteiger charge is -2.29. The summed E-state index contributed by atoms with van der Waals surface area (Å²) in [6.07, 6.45) is 0. The van der Waals surface area contributed by atoms with Gasteiger partial charge in [0.1, 0.15) is 0 Å². The summed E-state index contributed by atoms with van der Waals surface area (Å²) in [5, 5.41) is 9.15. The molecule has 13 heavy (non-hydrogen) atoms. The Bertz CT molecular complexity index is 256. The first-order valence-electron chi connectivity index (χ1n) is 4.49. The molecule has 0 fully saturated rings. The van der Waals surface area contributed by atoms with E-state index in [0.29, 0.717) is 0 Å². The van der Waals surface area contributed by atoms with Gasteiger partial charge in [-0.05, 0) is 5.56 Å². The second-order valence-corrected chi connectivity index (χ2v) is 4.04. The van der Waals surface area contributed by atoms with Crippen molar-refractivity contribution in [2.24, 2.45) is 11.1 Å². The minimum Gasteiger partial charge on any atom is -0.396 e. The van der Waals surface area contributed by atoms with Gasteiger partial charge in [0.2, 0.25) is 0 Å². The van der Waals surface area contributed by atoms with Gasteiger partial charge < -0.3 is 10.8 Å². The monoisotopic (exact) mass is 179 g/mol. The Hall–Kier alpha value is -0.860. The van der Waals surface area contributed by atoms with Gasteiger partial charge in [-0.2, -0.15) is 0 Å². The van der Waals surface area contributed by atoms with Crippen LogP contribution in [0.3, 0.4) is 0 Å². The molecule has 0 saturated carbocycles. The molecule has 2 nitrogen and oxygen atoms in total. The first-order chi connectivity index (χ1) is 6.08. The van der Waals surface area contributed by atoms with Crippen LogP contribution >= 0.6 is 0 Å². The van der Waals surface area contributed by atoms with Crippen LogP contribution in [-0.2, 0) is 0 Å². The van der Waals surface area contributed by atoms with Crippen molar-refractivity contribution in [1.29, 1.82) is 0 Å². The number of aliphatic hydroxyl groups is 1. The summed E-state index contributed by atoms with van der Waals surface area (Å²) in [7, 11) is 0. The zero-order valence-electron chi connectivity index (χ0n) is 8.20. The number of hydrogen-bond acceptors (Lipinski definition) is 2. The third-order valence-electron chi connectivity index (χ3n) is 2.41. The molecule has 72 valence electrons. The Morgan fingerprint density at radius 3 is 2.31 bits per heavy atom. The van der Waals surface area contributed by atoms with Crippen LogP contribution in [0, 0.1) is 5.41 Å². The molecule has 3 N–H and O–H groups in total. The van der Waals surface area contributed by atoms with E-state index in [2.05, 4.69) is 0 Å². The van der Waals surface area contributed by atoms with Gasteiger partial charge in [0.05, 0.1) is 0 Å². The molecular formula is C11H17NO. The topological polar surface area (TPSA) is 46.2 Å². The zero-order chi connectivity index (χ0) is 9.90. The first kappa shape index (κ1) is 10.2. The summed E-state index contributed by atoms with van der Waals surface area (Å²) < 4.78 is 0. The van der Waals surface area contributed by atoms with Crippen LogP contribution < -0.4 is 5.73 Å². The van der Waals surface area contributed by atoms with Crippen LogP contribution in [0.5, 0.6) is 0 Å². The second kappa shape index (κ2) is 3.90. The number of benzene rings is 1. The van der Waals surface area contributed by atoms with Gasteiger partial charge >= 0.3 is 0 Å².